The number of aliphatic hydroxyl groups is 2. The summed E-state index contributed by atoms with van der Waals surface area (Å²) in [5.74, 6) is 0.751. The first kappa shape index (κ1) is 14.5. The van der Waals surface area contributed by atoms with Crippen LogP contribution < -0.4 is 4.90 Å². The van der Waals surface area contributed by atoms with Crippen molar-refractivity contribution in [3.8, 4) is 0 Å². The first-order valence-electron chi connectivity index (χ1n) is 7.90. The molecule has 2 N–H and O–H groups in total. The molecule has 7 heteroatoms. The summed E-state index contributed by atoms with van der Waals surface area (Å²) in [4.78, 5) is 20.7. The number of benzene rings is 1. The number of amides is 1. The standard InChI is InChI=1S/C16H20N4O3/c1-18-14-3-2-10(15(23)20-8-12(22)9-20)6-13(14)17-16(18)19-5-4-11(21)7-19/h2-3,6,11-12,21-22H,4-5,7-9H2,1H3/t11-/m0/s1. The highest BCUT2D eigenvalue weighted by Crippen LogP contribution is 2.26. The van der Waals surface area contributed by atoms with E-state index in [1.165, 1.54) is 0 Å². The van der Waals surface area contributed by atoms with Crippen LogP contribution in [0, 0.1) is 0 Å². The van der Waals surface area contributed by atoms with Gasteiger partial charge in [-0.2, -0.15) is 0 Å². The summed E-state index contributed by atoms with van der Waals surface area (Å²) < 4.78 is 2.00. The Labute approximate surface area is 133 Å². The van der Waals surface area contributed by atoms with Gasteiger partial charge in [0, 0.05) is 38.8 Å². The number of aryl methyl sites for hydroxylation is 1. The molecule has 2 aromatic rings. The maximum absolute atomic E-state index is 12.3. The monoisotopic (exact) mass is 316 g/mol. The second kappa shape index (κ2) is 5.21. The fourth-order valence-corrected chi connectivity index (χ4v) is 3.33. The van der Waals surface area contributed by atoms with Gasteiger partial charge in [-0.15, -0.1) is 0 Å². The molecule has 0 radical (unpaired) electrons. The van der Waals surface area contributed by atoms with Crippen LogP contribution in [0.2, 0.25) is 0 Å². The van der Waals surface area contributed by atoms with Crippen molar-refractivity contribution in [2.24, 2.45) is 7.05 Å². The maximum Gasteiger partial charge on any atom is 0.254 e. The predicted octanol–water partition coefficient (Wildman–Crippen LogP) is -0.0390. The van der Waals surface area contributed by atoms with Crippen LogP contribution in [0.25, 0.3) is 11.0 Å². The Balaban J connectivity index is 1.65. The van der Waals surface area contributed by atoms with Gasteiger partial charge in [-0.1, -0.05) is 0 Å². The third-order valence-electron chi connectivity index (χ3n) is 4.70. The third kappa shape index (κ3) is 2.36. The van der Waals surface area contributed by atoms with Crippen molar-refractivity contribution in [2.45, 2.75) is 18.6 Å². The topological polar surface area (TPSA) is 81.8 Å². The smallest absolute Gasteiger partial charge is 0.254 e. The van der Waals surface area contributed by atoms with Crippen molar-refractivity contribution in [3.05, 3.63) is 23.8 Å². The van der Waals surface area contributed by atoms with Gasteiger partial charge < -0.3 is 24.6 Å². The molecule has 0 bridgehead atoms. The minimum atomic E-state index is -0.397. The normalized spacial score (nSPS) is 22.0. The Kier molecular flexibility index (Phi) is 3.28. The largest absolute Gasteiger partial charge is 0.391 e. The molecule has 23 heavy (non-hydrogen) atoms. The van der Waals surface area contributed by atoms with Crippen molar-refractivity contribution in [2.75, 3.05) is 31.1 Å². The molecule has 2 aliphatic rings. The number of anilines is 1. The summed E-state index contributed by atoms with van der Waals surface area (Å²) in [6.45, 7) is 2.18. The van der Waals surface area contributed by atoms with Crippen LogP contribution in [0.4, 0.5) is 5.95 Å². The van der Waals surface area contributed by atoms with Crippen molar-refractivity contribution >= 4 is 22.9 Å². The fourth-order valence-electron chi connectivity index (χ4n) is 3.33. The first-order chi connectivity index (χ1) is 11.0. The molecule has 7 nitrogen and oxygen atoms in total. The van der Waals surface area contributed by atoms with E-state index < -0.39 is 6.10 Å². The minimum Gasteiger partial charge on any atom is -0.391 e. The molecule has 0 aliphatic carbocycles. The summed E-state index contributed by atoms with van der Waals surface area (Å²) in [5, 5.41) is 19.0. The molecule has 3 heterocycles. The molecule has 1 atom stereocenters. The van der Waals surface area contributed by atoms with Gasteiger partial charge >= 0.3 is 0 Å². The summed E-state index contributed by atoms with van der Waals surface area (Å²) in [7, 11) is 1.95. The zero-order valence-electron chi connectivity index (χ0n) is 13.0. The summed E-state index contributed by atoms with van der Waals surface area (Å²) in [6.07, 6.45) is 0.0556. The Morgan fingerprint density at radius 1 is 1.22 bits per heavy atom. The molecule has 1 aromatic heterocycles. The van der Waals surface area contributed by atoms with Gasteiger partial charge in [0.1, 0.15) is 0 Å². The van der Waals surface area contributed by atoms with Gasteiger partial charge in [0.05, 0.1) is 23.2 Å². The summed E-state index contributed by atoms with van der Waals surface area (Å²) >= 11 is 0. The number of fused-ring (bicyclic) bond motifs is 1. The third-order valence-corrected chi connectivity index (χ3v) is 4.70. The van der Waals surface area contributed by atoms with Crippen LogP contribution >= 0.6 is 0 Å². The second-order valence-electron chi connectivity index (χ2n) is 6.43. The van der Waals surface area contributed by atoms with E-state index in [9.17, 15) is 15.0 Å². The van der Waals surface area contributed by atoms with Gasteiger partial charge in [0.15, 0.2) is 0 Å². The predicted molar refractivity (Wildman–Crippen MR) is 85.5 cm³/mol. The lowest BCUT2D eigenvalue weighted by atomic mass is 10.1. The second-order valence-corrected chi connectivity index (χ2v) is 6.43. The first-order valence-corrected chi connectivity index (χ1v) is 7.90. The number of hydrogen-bond acceptors (Lipinski definition) is 5. The molecule has 1 amide bonds. The number of hydrogen-bond donors (Lipinski definition) is 2. The molecule has 0 unspecified atom stereocenters. The van der Waals surface area contributed by atoms with Crippen LogP contribution in [-0.2, 0) is 7.05 Å². The zero-order valence-corrected chi connectivity index (χ0v) is 13.0. The lowest BCUT2D eigenvalue weighted by Gasteiger charge is -2.35. The van der Waals surface area contributed by atoms with Gasteiger partial charge in [-0.25, -0.2) is 4.98 Å². The van der Waals surface area contributed by atoms with Crippen molar-refractivity contribution in [1.82, 2.24) is 14.5 Å². The Morgan fingerprint density at radius 2 is 2.00 bits per heavy atom. The van der Waals surface area contributed by atoms with Crippen LogP contribution in [0.5, 0.6) is 0 Å². The number of carbonyl (C=O) groups excluding carboxylic acids is 1. The fraction of sp³-hybridized carbons (Fsp3) is 0.500. The summed E-state index contributed by atoms with van der Waals surface area (Å²) in [5.41, 5.74) is 2.33. The van der Waals surface area contributed by atoms with Crippen molar-refractivity contribution in [1.29, 1.82) is 0 Å². The van der Waals surface area contributed by atoms with Crippen molar-refractivity contribution < 1.29 is 15.0 Å². The maximum atomic E-state index is 12.3. The molecule has 0 saturated carbocycles. The van der Waals surface area contributed by atoms with E-state index in [2.05, 4.69) is 9.88 Å². The molecule has 0 spiro atoms. The lowest BCUT2D eigenvalue weighted by molar-refractivity contribution is 0.00590. The quantitative estimate of drug-likeness (QED) is 0.812. The SMILES string of the molecule is Cn1c(N2CC[C@H](O)C2)nc2cc(C(=O)N3CC(O)C3)ccc21. The van der Waals surface area contributed by atoms with Crippen molar-refractivity contribution in [3.63, 3.8) is 0 Å². The van der Waals surface area contributed by atoms with Gasteiger partial charge in [-0.3, -0.25) is 4.79 Å². The molecule has 1 aromatic carbocycles. The number of nitrogens with zero attached hydrogens (tertiary/aromatic N) is 4. The Bertz CT molecular complexity index is 766. The van der Waals surface area contributed by atoms with E-state index in [0.717, 1.165) is 29.9 Å². The number of β-amino-alcohol motifs (C(OH)–C–C–N with tert-alkyl or cyclic N) is 2. The van der Waals surface area contributed by atoms with Gasteiger partial charge in [0.25, 0.3) is 5.91 Å². The average molecular weight is 316 g/mol. The van der Waals surface area contributed by atoms with Gasteiger partial charge in [0.2, 0.25) is 5.95 Å². The number of imidazole rings is 1. The lowest BCUT2D eigenvalue weighted by Crippen LogP contribution is -2.53. The number of rotatable bonds is 2. The van der Waals surface area contributed by atoms with Crippen LogP contribution in [0.15, 0.2) is 18.2 Å². The molecule has 2 saturated heterocycles. The number of aliphatic hydroxyl groups excluding tert-OH is 2. The molecule has 2 aliphatic heterocycles. The molecular formula is C16H20N4O3. The van der Waals surface area contributed by atoms with Crippen LogP contribution in [-0.4, -0.2) is 69.0 Å². The Hall–Kier alpha value is -2.12. The molecular weight excluding hydrogens is 296 g/mol. The number of likely N-dealkylation sites (tertiary alicyclic amines) is 1. The van der Waals surface area contributed by atoms with Gasteiger partial charge in [-0.05, 0) is 24.6 Å². The zero-order chi connectivity index (χ0) is 16.1. The molecule has 2 fully saturated rings. The highest BCUT2D eigenvalue weighted by molar-refractivity contribution is 5.98. The molecule has 4 rings (SSSR count). The van der Waals surface area contributed by atoms with E-state index in [-0.39, 0.29) is 12.0 Å². The van der Waals surface area contributed by atoms with E-state index in [1.807, 2.05) is 17.7 Å². The highest BCUT2D eigenvalue weighted by atomic mass is 16.3. The number of carbonyl (C=O) groups is 1. The van der Waals surface area contributed by atoms with Crippen LogP contribution in [0.1, 0.15) is 16.8 Å². The minimum absolute atomic E-state index is 0.0685. The van der Waals surface area contributed by atoms with E-state index in [4.69, 9.17) is 0 Å². The Morgan fingerprint density at radius 3 is 2.65 bits per heavy atom. The van der Waals surface area contributed by atoms with E-state index in [1.54, 1.807) is 17.0 Å². The van der Waals surface area contributed by atoms with E-state index >= 15 is 0 Å². The van der Waals surface area contributed by atoms with E-state index in [0.29, 0.717) is 25.2 Å². The highest BCUT2D eigenvalue weighted by Gasteiger charge is 2.30. The number of aromatic nitrogens is 2. The molecule has 122 valence electrons. The summed E-state index contributed by atoms with van der Waals surface area (Å²) in [6, 6.07) is 5.51. The van der Waals surface area contributed by atoms with Crippen LogP contribution in [0.3, 0.4) is 0 Å². The average Bonchev–Trinajstić information content (AvgIpc) is 3.07.